The van der Waals surface area contributed by atoms with E-state index in [2.05, 4.69) is 9.73 Å². The van der Waals surface area contributed by atoms with Crippen LogP contribution in [0, 0.1) is 5.82 Å². The summed E-state index contributed by atoms with van der Waals surface area (Å²) in [4.78, 5) is 29.0. The van der Waals surface area contributed by atoms with E-state index in [1.54, 1.807) is 28.8 Å². The fourth-order valence-corrected chi connectivity index (χ4v) is 3.94. The molecule has 0 N–H and O–H groups in total. The number of halogens is 1. The lowest BCUT2D eigenvalue weighted by atomic mass is 10.2. The highest BCUT2D eigenvalue weighted by Gasteiger charge is 2.17. The molecular weight excluding hydrogens is 399 g/mol. The number of amides is 1. The molecule has 1 aromatic heterocycles. The second-order valence-electron chi connectivity index (χ2n) is 5.93. The zero-order valence-electron chi connectivity index (χ0n) is 16.1. The molecule has 0 saturated heterocycles. The molecule has 0 aliphatic carbocycles. The molecule has 0 spiro atoms. The average Bonchev–Trinajstić information content (AvgIpc) is 3.06. The molecule has 9 heteroatoms. The van der Waals surface area contributed by atoms with Gasteiger partial charge < -0.3 is 18.8 Å². The Morgan fingerprint density at radius 1 is 1.14 bits per heavy atom. The van der Waals surface area contributed by atoms with Gasteiger partial charge in [-0.15, -0.1) is 0 Å². The fourth-order valence-electron chi connectivity index (χ4n) is 2.86. The third-order valence-electron chi connectivity index (χ3n) is 4.24. The number of aryl methyl sites for hydroxylation is 1. The SMILES string of the molecule is COC(=O)CCn1c(=NC(=O)c2cccc(OC)c2OC)sc2cc(F)ccc21. The molecule has 0 aliphatic rings. The first-order chi connectivity index (χ1) is 14.0. The molecule has 0 aliphatic heterocycles. The maximum absolute atomic E-state index is 13.7. The van der Waals surface area contributed by atoms with Crippen molar-refractivity contribution in [2.24, 2.45) is 4.99 Å². The molecule has 3 aromatic rings. The third kappa shape index (κ3) is 4.29. The molecule has 0 radical (unpaired) electrons. The largest absolute Gasteiger partial charge is 0.493 e. The number of hydrogen-bond acceptors (Lipinski definition) is 6. The molecule has 0 fully saturated rings. The van der Waals surface area contributed by atoms with Crippen molar-refractivity contribution in [1.29, 1.82) is 0 Å². The number of carbonyl (C=O) groups is 2. The van der Waals surface area contributed by atoms with E-state index in [4.69, 9.17) is 9.47 Å². The predicted octanol–water partition coefficient (Wildman–Crippen LogP) is 3.16. The molecule has 3 rings (SSSR count). The smallest absolute Gasteiger partial charge is 0.307 e. The second-order valence-corrected chi connectivity index (χ2v) is 6.94. The number of carbonyl (C=O) groups excluding carboxylic acids is 2. The van der Waals surface area contributed by atoms with Crippen LogP contribution in [0.1, 0.15) is 16.8 Å². The number of fused-ring (bicyclic) bond motifs is 1. The van der Waals surface area contributed by atoms with E-state index in [1.165, 1.54) is 33.5 Å². The number of aromatic nitrogens is 1. The quantitative estimate of drug-likeness (QED) is 0.575. The Labute approximate surface area is 170 Å². The van der Waals surface area contributed by atoms with Gasteiger partial charge in [0.05, 0.1) is 43.5 Å². The lowest BCUT2D eigenvalue weighted by Crippen LogP contribution is -2.19. The van der Waals surface area contributed by atoms with Crippen molar-refractivity contribution in [3.63, 3.8) is 0 Å². The van der Waals surface area contributed by atoms with Gasteiger partial charge in [-0.25, -0.2) is 4.39 Å². The van der Waals surface area contributed by atoms with Crippen LogP contribution in [0.5, 0.6) is 11.5 Å². The van der Waals surface area contributed by atoms with Crippen LogP contribution in [0.25, 0.3) is 10.2 Å². The Morgan fingerprint density at radius 2 is 1.93 bits per heavy atom. The summed E-state index contributed by atoms with van der Waals surface area (Å²) in [5.41, 5.74) is 0.902. The number of nitrogens with zero attached hydrogens (tertiary/aromatic N) is 2. The van der Waals surface area contributed by atoms with Crippen molar-refractivity contribution in [3.8, 4) is 11.5 Å². The lowest BCUT2D eigenvalue weighted by molar-refractivity contribution is -0.140. The average molecular weight is 418 g/mol. The summed E-state index contributed by atoms with van der Waals surface area (Å²) in [6, 6.07) is 9.20. The molecule has 29 heavy (non-hydrogen) atoms. The number of ether oxygens (including phenoxy) is 3. The number of para-hydroxylation sites is 1. The van der Waals surface area contributed by atoms with Crippen molar-refractivity contribution in [3.05, 3.63) is 52.6 Å². The van der Waals surface area contributed by atoms with Crippen molar-refractivity contribution in [2.75, 3.05) is 21.3 Å². The zero-order valence-corrected chi connectivity index (χ0v) is 16.9. The van der Waals surface area contributed by atoms with Gasteiger partial charge in [-0.05, 0) is 30.3 Å². The van der Waals surface area contributed by atoms with Gasteiger partial charge in [0.2, 0.25) is 0 Å². The first kappa shape index (κ1) is 20.5. The minimum Gasteiger partial charge on any atom is -0.493 e. The first-order valence-electron chi connectivity index (χ1n) is 8.64. The summed E-state index contributed by atoms with van der Waals surface area (Å²) in [6.45, 7) is 0.236. The third-order valence-corrected chi connectivity index (χ3v) is 5.28. The van der Waals surface area contributed by atoms with Crippen molar-refractivity contribution in [1.82, 2.24) is 4.57 Å². The number of esters is 1. The fraction of sp³-hybridized carbons (Fsp3) is 0.250. The Bertz CT molecular complexity index is 1140. The number of methoxy groups -OCH3 is 3. The Hall–Kier alpha value is -3.20. The molecule has 2 aromatic carbocycles. The highest BCUT2D eigenvalue weighted by Crippen LogP contribution is 2.31. The Morgan fingerprint density at radius 3 is 2.62 bits per heavy atom. The van der Waals surface area contributed by atoms with Crippen LogP contribution in [-0.4, -0.2) is 37.8 Å². The van der Waals surface area contributed by atoms with Crippen molar-refractivity contribution < 1.29 is 28.2 Å². The normalized spacial score (nSPS) is 11.5. The predicted molar refractivity (Wildman–Crippen MR) is 106 cm³/mol. The van der Waals surface area contributed by atoms with Crippen LogP contribution in [-0.2, 0) is 16.1 Å². The summed E-state index contributed by atoms with van der Waals surface area (Å²) in [5.74, 6) is -0.654. The van der Waals surface area contributed by atoms with E-state index < -0.39 is 17.7 Å². The number of hydrogen-bond donors (Lipinski definition) is 0. The summed E-state index contributed by atoms with van der Waals surface area (Å²) in [7, 11) is 4.22. The highest BCUT2D eigenvalue weighted by atomic mass is 32.1. The van der Waals surface area contributed by atoms with E-state index in [9.17, 15) is 14.0 Å². The van der Waals surface area contributed by atoms with E-state index >= 15 is 0 Å². The van der Waals surface area contributed by atoms with Gasteiger partial charge in [-0.2, -0.15) is 4.99 Å². The lowest BCUT2D eigenvalue weighted by Gasteiger charge is -2.10. The molecule has 7 nitrogen and oxygen atoms in total. The standard InChI is InChI=1S/C20H19FN2O5S/c1-26-15-6-4-5-13(18(15)28-3)19(25)22-20-23(10-9-17(24)27-2)14-8-7-12(21)11-16(14)29-20/h4-8,11H,9-10H2,1-3H3. The van der Waals surface area contributed by atoms with Gasteiger partial charge >= 0.3 is 5.97 Å². The van der Waals surface area contributed by atoms with Gasteiger partial charge in [0.25, 0.3) is 5.91 Å². The Kier molecular flexibility index (Phi) is 6.28. The van der Waals surface area contributed by atoms with Crippen LogP contribution in [0.4, 0.5) is 4.39 Å². The number of thiazole rings is 1. The summed E-state index contributed by atoms with van der Waals surface area (Å²) < 4.78 is 31.2. The Balaban J connectivity index is 2.12. The molecule has 0 unspecified atom stereocenters. The zero-order chi connectivity index (χ0) is 21.0. The van der Waals surface area contributed by atoms with Crippen molar-refractivity contribution in [2.45, 2.75) is 13.0 Å². The van der Waals surface area contributed by atoms with Gasteiger partial charge in [0.1, 0.15) is 5.82 Å². The topological polar surface area (TPSA) is 79.1 Å². The molecule has 0 bridgehead atoms. The minimum atomic E-state index is -0.542. The molecule has 0 saturated carbocycles. The maximum Gasteiger partial charge on any atom is 0.307 e. The summed E-state index contributed by atoms with van der Waals surface area (Å²) in [6.07, 6.45) is 0.0869. The van der Waals surface area contributed by atoms with Crippen LogP contribution in [0.2, 0.25) is 0 Å². The van der Waals surface area contributed by atoms with Gasteiger partial charge in [-0.3, -0.25) is 9.59 Å². The maximum atomic E-state index is 13.7. The second kappa shape index (κ2) is 8.87. The molecule has 0 atom stereocenters. The van der Waals surface area contributed by atoms with E-state index in [0.29, 0.717) is 20.8 Å². The van der Waals surface area contributed by atoms with Crippen LogP contribution in [0.3, 0.4) is 0 Å². The molecule has 1 amide bonds. The van der Waals surface area contributed by atoms with Crippen LogP contribution < -0.4 is 14.3 Å². The first-order valence-corrected chi connectivity index (χ1v) is 9.46. The van der Waals surface area contributed by atoms with Gasteiger partial charge in [-0.1, -0.05) is 17.4 Å². The molecular formula is C20H19FN2O5S. The number of rotatable bonds is 6. The van der Waals surface area contributed by atoms with E-state index in [0.717, 1.165) is 11.3 Å². The molecule has 152 valence electrons. The summed E-state index contributed by atoms with van der Waals surface area (Å²) in [5, 5.41) is 0. The van der Waals surface area contributed by atoms with Crippen LogP contribution in [0.15, 0.2) is 41.4 Å². The van der Waals surface area contributed by atoms with E-state index in [1.807, 2.05) is 0 Å². The number of benzene rings is 2. The highest BCUT2D eigenvalue weighted by molar-refractivity contribution is 7.16. The van der Waals surface area contributed by atoms with Gasteiger partial charge in [0, 0.05) is 6.54 Å². The van der Waals surface area contributed by atoms with Crippen LogP contribution >= 0.6 is 11.3 Å². The van der Waals surface area contributed by atoms with E-state index in [-0.39, 0.29) is 24.3 Å². The van der Waals surface area contributed by atoms with Crippen molar-refractivity contribution >= 4 is 33.4 Å². The monoisotopic (exact) mass is 418 g/mol. The van der Waals surface area contributed by atoms with Gasteiger partial charge in [0.15, 0.2) is 16.3 Å². The minimum absolute atomic E-state index is 0.0869. The summed E-state index contributed by atoms with van der Waals surface area (Å²) >= 11 is 1.16. The molecule has 1 heterocycles.